The third-order valence-electron chi connectivity index (χ3n) is 3.09. The van der Waals surface area contributed by atoms with Crippen LogP contribution in [0.5, 0.6) is 0 Å². The molecule has 3 rings (SSSR count). The molecule has 0 spiro atoms. The molecule has 1 amide bonds. The van der Waals surface area contributed by atoms with E-state index in [4.69, 9.17) is 27.6 Å². The fourth-order valence-electron chi connectivity index (χ4n) is 1.90. The first kappa shape index (κ1) is 16.3. The van der Waals surface area contributed by atoms with Gasteiger partial charge >= 0.3 is 0 Å². The van der Waals surface area contributed by atoms with Gasteiger partial charge in [-0.05, 0) is 30.3 Å². The van der Waals surface area contributed by atoms with Gasteiger partial charge in [-0.2, -0.15) is 0 Å². The van der Waals surface area contributed by atoms with Crippen molar-refractivity contribution in [1.29, 1.82) is 0 Å². The van der Waals surface area contributed by atoms with Crippen molar-refractivity contribution < 1.29 is 9.21 Å². The maximum Gasteiger partial charge on any atom is 0.258 e. The van der Waals surface area contributed by atoms with Crippen molar-refractivity contribution in [2.75, 3.05) is 10.6 Å². The Morgan fingerprint density at radius 1 is 1.17 bits per heavy atom. The van der Waals surface area contributed by atoms with E-state index < -0.39 is 0 Å². The minimum atomic E-state index is -0.378. The number of anilines is 2. The monoisotopic (exact) mass is 362 g/mol. The zero-order valence-electron chi connectivity index (χ0n) is 12.3. The quantitative estimate of drug-likeness (QED) is 0.709. The first-order chi connectivity index (χ1) is 11.6. The summed E-state index contributed by atoms with van der Waals surface area (Å²) in [7, 11) is 0. The number of carbonyl (C=O) groups is 1. The van der Waals surface area contributed by atoms with Crippen molar-refractivity contribution in [3.8, 4) is 0 Å². The molecule has 2 heterocycles. The van der Waals surface area contributed by atoms with Crippen LogP contribution >= 0.6 is 23.2 Å². The fraction of sp³-hybridized carbons (Fsp3) is 0.0625. The molecule has 0 bridgehead atoms. The van der Waals surface area contributed by atoms with Crippen LogP contribution < -0.4 is 10.6 Å². The van der Waals surface area contributed by atoms with Crippen LogP contribution in [0.1, 0.15) is 16.1 Å². The van der Waals surface area contributed by atoms with Gasteiger partial charge in [0.15, 0.2) is 0 Å². The SMILES string of the molecule is O=C(Nc1cc(Cl)ccc1Cl)c1cnc(NCc2ccco2)nc1. The van der Waals surface area contributed by atoms with E-state index in [9.17, 15) is 4.79 Å². The van der Waals surface area contributed by atoms with Crippen LogP contribution in [0.25, 0.3) is 0 Å². The lowest BCUT2D eigenvalue weighted by atomic mass is 10.2. The van der Waals surface area contributed by atoms with Crippen molar-refractivity contribution in [2.24, 2.45) is 0 Å². The topological polar surface area (TPSA) is 80.0 Å². The Morgan fingerprint density at radius 3 is 2.67 bits per heavy atom. The number of hydrogen-bond donors (Lipinski definition) is 2. The van der Waals surface area contributed by atoms with Gasteiger partial charge in [-0.25, -0.2) is 9.97 Å². The average molecular weight is 363 g/mol. The van der Waals surface area contributed by atoms with E-state index in [-0.39, 0.29) is 5.91 Å². The Morgan fingerprint density at radius 2 is 1.96 bits per heavy atom. The van der Waals surface area contributed by atoms with E-state index in [2.05, 4.69) is 20.6 Å². The predicted octanol–water partition coefficient (Wildman–Crippen LogP) is 4.24. The molecule has 0 atom stereocenters. The summed E-state index contributed by atoms with van der Waals surface area (Å²) in [6.07, 6.45) is 4.43. The summed E-state index contributed by atoms with van der Waals surface area (Å²) >= 11 is 11.9. The van der Waals surface area contributed by atoms with Crippen LogP contribution in [0.2, 0.25) is 10.0 Å². The molecule has 0 aliphatic carbocycles. The predicted molar refractivity (Wildman–Crippen MR) is 92.5 cm³/mol. The molecule has 0 radical (unpaired) electrons. The number of halogens is 2. The van der Waals surface area contributed by atoms with Crippen LogP contribution in [0, 0.1) is 0 Å². The largest absolute Gasteiger partial charge is 0.467 e. The number of carbonyl (C=O) groups excluding carboxylic acids is 1. The van der Waals surface area contributed by atoms with E-state index in [1.54, 1.807) is 30.5 Å². The third-order valence-corrected chi connectivity index (χ3v) is 3.66. The lowest BCUT2D eigenvalue weighted by Crippen LogP contribution is -2.13. The molecule has 0 aliphatic heterocycles. The van der Waals surface area contributed by atoms with Gasteiger partial charge in [-0.1, -0.05) is 23.2 Å². The van der Waals surface area contributed by atoms with Crippen LogP contribution in [-0.4, -0.2) is 15.9 Å². The molecule has 0 saturated carbocycles. The summed E-state index contributed by atoms with van der Waals surface area (Å²) in [6.45, 7) is 0.455. The second-order valence-electron chi connectivity index (χ2n) is 4.81. The molecule has 0 aliphatic rings. The Kier molecular flexibility index (Phi) is 4.98. The highest BCUT2D eigenvalue weighted by Gasteiger charge is 2.10. The van der Waals surface area contributed by atoms with E-state index in [1.807, 2.05) is 6.07 Å². The van der Waals surface area contributed by atoms with Crippen molar-refractivity contribution in [3.05, 3.63) is 70.4 Å². The zero-order chi connectivity index (χ0) is 16.9. The molecule has 0 unspecified atom stereocenters. The van der Waals surface area contributed by atoms with Crippen LogP contribution in [-0.2, 0) is 6.54 Å². The van der Waals surface area contributed by atoms with E-state index >= 15 is 0 Å². The maximum atomic E-state index is 12.2. The number of furan rings is 1. The third kappa shape index (κ3) is 4.04. The number of hydrogen-bond acceptors (Lipinski definition) is 5. The molecular formula is C16H12Cl2N4O2. The number of amides is 1. The first-order valence-electron chi connectivity index (χ1n) is 6.96. The van der Waals surface area contributed by atoms with Crippen molar-refractivity contribution >= 4 is 40.7 Å². The fourth-order valence-corrected chi connectivity index (χ4v) is 2.24. The number of nitrogens with zero attached hydrogens (tertiary/aromatic N) is 2. The summed E-state index contributed by atoms with van der Waals surface area (Å²) < 4.78 is 5.20. The molecule has 3 aromatic rings. The Hall–Kier alpha value is -2.57. The van der Waals surface area contributed by atoms with Gasteiger partial charge in [0.2, 0.25) is 5.95 Å². The van der Waals surface area contributed by atoms with Crippen LogP contribution in [0.3, 0.4) is 0 Å². The molecule has 122 valence electrons. The number of aromatic nitrogens is 2. The van der Waals surface area contributed by atoms with Gasteiger partial charge in [-0.3, -0.25) is 4.79 Å². The second-order valence-corrected chi connectivity index (χ2v) is 5.65. The highest BCUT2D eigenvalue weighted by molar-refractivity contribution is 6.35. The standard InChI is InChI=1S/C16H12Cl2N4O2/c17-11-3-4-13(18)14(6-11)22-15(23)10-7-19-16(20-8-10)21-9-12-2-1-5-24-12/h1-8H,9H2,(H,22,23)(H,19,20,21). The van der Waals surface area contributed by atoms with Gasteiger partial charge in [0, 0.05) is 17.4 Å². The lowest BCUT2D eigenvalue weighted by Gasteiger charge is -2.08. The van der Waals surface area contributed by atoms with Gasteiger partial charge in [0.25, 0.3) is 5.91 Å². The van der Waals surface area contributed by atoms with Gasteiger partial charge in [-0.15, -0.1) is 0 Å². The summed E-state index contributed by atoms with van der Waals surface area (Å²) in [5.41, 5.74) is 0.726. The molecule has 6 nitrogen and oxygen atoms in total. The van der Waals surface area contributed by atoms with Gasteiger partial charge in [0.05, 0.1) is 29.1 Å². The Balaban J connectivity index is 1.64. The number of benzene rings is 1. The van der Waals surface area contributed by atoms with Gasteiger partial charge in [0.1, 0.15) is 5.76 Å². The van der Waals surface area contributed by atoms with E-state index in [1.165, 1.54) is 12.4 Å². The summed E-state index contributed by atoms with van der Waals surface area (Å²) in [5, 5.41) is 6.53. The number of rotatable bonds is 5. The maximum absolute atomic E-state index is 12.2. The normalized spacial score (nSPS) is 10.4. The van der Waals surface area contributed by atoms with Crippen LogP contribution in [0.15, 0.2) is 53.4 Å². The molecule has 1 aromatic carbocycles. The Bertz CT molecular complexity index is 836. The van der Waals surface area contributed by atoms with Crippen LogP contribution in [0.4, 0.5) is 11.6 Å². The number of nitrogens with one attached hydrogen (secondary N) is 2. The molecule has 2 N–H and O–H groups in total. The van der Waals surface area contributed by atoms with Crippen molar-refractivity contribution in [1.82, 2.24) is 9.97 Å². The zero-order valence-corrected chi connectivity index (χ0v) is 13.8. The van der Waals surface area contributed by atoms with E-state index in [0.29, 0.717) is 33.8 Å². The second kappa shape index (κ2) is 7.33. The molecule has 8 heteroatoms. The highest BCUT2D eigenvalue weighted by Crippen LogP contribution is 2.25. The minimum Gasteiger partial charge on any atom is -0.467 e. The molecule has 0 fully saturated rings. The highest BCUT2D eigenvalue weighted by atomic mass is 35.5. The van der Waals surface area contributed by atoms with Crippen molar-refractivity contribution in [2.45, 2.75) is 6.54 Å². The summed E-state index contributed by atoms with van der Waals surface area (Å²) in [5.74, 6) is 0.775. The molecule has 24 heavy (non-hydrogen) atoms. The first-order valence-corrected chi connectivity index (χ1v) is 7.72. The van der Waals surface area contributed by atoms with E-state index in [0.717, 1.165) is 5.76 Å². The average Bonchev–Trinajstić information content (AvgIpc) is 3.10. The summed E-state index contributed by atoms with van der Waals surface area (Å²) in [4.78, 5) is 20.4. The molecular weight excluding hydrogens is 351 g/mol. The minimum absolute atomic E-state index is 0.301. The van der Waals surface area contributed by atoms with Gasteiger partial charge < -0.3 is 15.1 Å². The van der Waals surface area contributed by atoms with Crippen molar-refractivity contribution in [3.63, 3.8) is 0 Å². The summed E-state index contributed by atoms with van der Waals surface area (Å²) in [6, 6.07) is 8.46. The lowest BCUT2D eigenvalue weighted by molar-refractivity contribution is 0.102. The molecule has 0 saturated heterocycles. The Labute approximate surface area is 147 Å². The smallest absolute Gasteiger partial charge is 0.258 e. The molecule has 2 aromatic heterocycles.